The molecule has 2 aliphatic heterocycles. The van der Waals surface area contributed by atoms with Crippen molar-refractivity contribution in [2.75, 3.05) is 0 Å². The van der Waals surface area contributed by atoms with Gasteiger partial charge in [-0.2, -0.15) is 0 Å². The summed E-state index contributed by atoms with van der Waals surface area (Å²) in [5.74, 6) is 1.79. The van der Waals surface area contributed by atoms with Gasteiger partial charge in [0.25, 0.3) is 0 Å². The van der Waals surface area contributed by atoms with E-state index in [1.54, 1.807) is 5.57 Å². The Kier molecular flexibility index (Phi) is 6.59. The summed E-state index contributed by atoms with van der Waals surface area (Å²) in [6.45, 7) is 5.43. The van der Waals surface area contributed by atoms with E-state index in [1.807, 2.05) is 12.1 Å². The molecule has 0 bridgehead atoms. The van der Waals surface area contributed by atoms with E-state index < -0.39 is 0 Å². The van der Waals surface area contributed by atoms with E-state index >= 15 is 0 Å². The number of allylic oxidation sites excluding steroid dienone is 4. The summed E-state index contributed by atoms with van der Waals surface area (Å²) in [4.78, 5) is 5.15. The molecule has 5 aromatic carbocycles. The summed E-state index contributed by atoms with van der Waals surface area (Å²) in [5, 5.41) is 14.7. The minimum absolute atomic E-state index is 0.00923. The molecule has 258 valence electrons. The van der Waals surface area contributed by atoms with Crippen LogP contribution in [0.3, 0.4) is 0 Å². The molecule has 2 unspecified atom stereocenters. The number of hydrogen-bond acceptors (Lipinski definition) is 5. The average molecular weight is 690 g/mol. The van der Waals surface area contributed by atoms with E-state index in [0.29, 0.717) is 6.54 Å². The van der Waals surface area contributed by atoms with Crippen LogP contribution in [-0.4, -0.2) is 16.6 Å². The number of amidine groups is 1. The first kappa shape index (κ1) is 30.5. The van der Waals surface area contributed by atoms with Crippen LogP contribution in [0.25, 0.3) is 49.6 Å². The standard InChI is InChI=1S/C47H39N5O/c1-47(2)37-19-11-9-17-31(37)33-24-34-32-18-10-12-20-39(32)52(40(34)25-38(33)47)30-21-22-41-35(23-30)43-36(26-48-27-42(43)53-41)46-50-44(28-13-5-3-6-14-28)49-45(51-46)29-15-7-4-8-16-29/h3-10,12-18,20-26,44,46,48,50H,11,19,27H2,1-2H3,(H,49,51). The maximum absolute atomic E-state index is 6.61. The van der Waals surface area contributed by atoms with Crippen molar-refractivity contribution in [2.24, 2.45) is 4.99 Å². The van der Waals surface area contributed by atoms with Gasteiger partial charge in [0.2, 0.25) is 0 Å². The van der Waals surface area contributed by atoms with Crippen molar-refractivity contribution >= 4 is 49.8 Å². The van der Waals surface area contributed by atoms with E-state index in [-0.39, 0.29) is 17.7 Å². The van der Waals surface area contributed by atoms with Crippen molar-refractivity contribution in [3.8, 4) is 5.69 Å². The Morgan fingerprint density at radius 2 is 1.62 bits per heavy atom. The highest BCUT2D eigenvalue weighted by molar-refractivity contribution is 6.12. The molecule has 6 nitrogen and oxygen atoms in total. The Balaban J connectivity index is 1.06. The van der Waals surface area contributed by atoms with Crippen LogP contribution >= 0.6 is 0 Å². The van der Waals surface area contributed by atoms with Gasteiger partial charge in [-0.05, 0) is 71.5 Å². The second kappa shape index (κ2) is 11.4. The van der Waals surface area contributed by atoms with E-state index in [1.165, 1.54) is 38.5 Å². The number of benzene rings is 5. The van der Waals surface area contributed by atoms with Crippen LogP contribution in [-0.2, 0) is 12.0 Å². The third-order valence-electron chi connectivity index (χ3n) is 11.8. The molecule has 53 heavy (non-hydrogen) atoms. The summed E-state index contributed by atoms with van der Waals surface area (Å²) in [7, 11) is 0. The van der Waals surface area contributed by atoms with E-state index in [2.05, 4.69) is 156 Å². The molecular weight excluding hydrogens is 651 g/mol. The molecule has 4 aliphatic rings. The largest absolute Gasteiger partial charge is 0.459 e. The quantitative estimate of drug-likeness (QED) is 0.172. The lowest BCUT2D eigenvalue weighted by molar-refractivity contribution is 0.455. The van der Waals surface area contributed by atoms with Crippen LogP contribution in [0, 0.1) is 0 Å². The first-order valence-corrected chi connectivity index (χ1v) is 18.7. The summed E-state index contributed by atoms with van der Waals surface area (Å²) < 4.78 is 9.07. The molecule has 4 heterocycles. The molecule has 0 fully saturated rings. The molecule has 0 saturated carbocycles. The number of hydrogen-bond donors (Lipinski definition) is 3. The highest BCUT2D eigenvalue weighted by atomic mass is 16.3. The van der Waals surface area contributed by atoms with Crippen molar-refractivity contribution in [3.05, 3.63) is 173 Å². The van der Waals surface area contributed by atoms with Gasteiger partial charge < -0.3 is 19.6 Å². The van der Waals surface area contributed by atoms with Crippen molar-refractivity contribution in [1.29, 1.82) is 0 Å². The Morgan fingerprint density at radius 1 is 0.811 bits per heavy atom. The molecule has 7 aromatic rings. The first-order valence-electron chi connectivity index (χ1n) is 18.7. The molecule has 2 aromatic heterocycles. The van der Waals surface area contributed by atoms with Gasteiger partial charge in [-0.15, -0.1) is 0 Å². The van der Waals surface area contributed by atoms with Crippen molar-refractivity contribution < 1.29 is 4.42 Å². The maximum Gasteiger partial charge on any atom is 0.135 e. The number of fused-ring (bicyclic) bond motifs is 8. The Hall–Kier alpha value is -6.11. The van der Waals surface area contributed by atoms with Gasteiger partial charge in [0.1, 0.15) is 29.5 Å². The fourth-order valence-corrected chi connectivity index (χ4v) is 9.30. The van der Waals surface area contributed by atoms with Gasteiger partial charge in [0, 0.05) is 50.2 Å². The van der Waals surface area contributed by atoms with Gasteiger partial charge in [0.05, 0.1) is 17.6 Å². The zero-order valence-electron chi connectivity index (χ0n) is 29.8. The zero-order valence-corrected chi connectivity index (χ0v) is 29.8. The lowest BCUT2D eigenvalue weighted by Gasteiger charge is -2.34. The second-order valence-corrected chi connectivity index (χ2v) is 15.2. The third kappa shape index (κ3) is 4.58. The molecule has 2 aliphatic carbocycles. The summed E-state index contributed by atoms with van der Waals surface area (Å²) >= 11 is 0. The molecule has 2 atom stereocenters. The smallest absolute Gasteiger partial charge is 0.135 e. The SMILES string of the molecule is CC1(C)C2=C(C=CCC2)c2cc3c4ccccc4n(-c4ccc5oc6c(c5c4)C(C4NC(c5ccccc5)=NC(c5ccccc5)N4)=CNC6)c3cc21. The predicted molar refractivity (Wildman–Crippen MR) is 216 cm³/mol. The second-order valence-electron chi connectivity index (χ2n) is 15.2. The zero-order chi connectivity index (χ0) is 35.3. The lowest BCUT2D eigenvalue weighted by atomic mass is 9.78. The highest BCUT2D eigenvalue weighted by Gasteiger charge is 2.38. The van der Waals surface area contributed by atoms with Crippen molar-refractivity contribution in [2.45, 2.75) is 51.0 Å². The van der Waals surface area contributed by atoms with Crippen LogP contribution in [0.1, 0.15) is 66.4 Å². The number of para-hydroxylation sites is 1. The molecular formula is C47H39N5O. The Labute approximate surface area is 308 Å². The Bertz CT molecular complexity index is 2760. The minimum Gasteiger partial charge on any atom is -0.459 e. The van der Waals surface area contributed by atoms with Gasteiger partial charge >= 0.3 is 0 Å². The number of aliphatic imine (C=N–C) groups is 1. The van der Waals surface area contributed by atoms with Gasteiger partial charge in [-0.3, -0.25) is 5.32 Å². The molecule has 0 amide bonds. The topological polar surface area (TPSA) is 66.5 Å². The van der Waals surface area contributed by atoms with Crippen LogP contribution in [0.2, 0.25) is 0 Å². The molecule has 3 N–H and O–H groups in total. The number of nitrogens with zero attached hydrogens (tertiary/aromatic N) is 2. The van der Waals surface area contributed by atoms with Crippen LogP contribution in [0.5, 0.6) is 0 Å². The summed E-state index contributed by atoms with van der Waals surface area (Å²) in [6, 6.07) is 41.3. The predicted octanol–water partition coefficient (Wildman–Crippen LogP) is 10.0. The van der Waals surface area contributed by atoms with Gasteiger partial charge in [-0.25, -0.2) is 4.99 Å². The molecule has 6 heteroatoms. The van der Waals surface area contributed by atoms with E-state index in [9.17, 15) is 0 Å². The fourth-order valence-electron chi connectivity index (χ4n) is 9.30. The summed E-state index contributed by atoms with van der Waals surface area (Å²) in [5.41, 5.74) is 14.6. The molecule has 0 saturated heterocycles. The van der Waals surface area contributed by atoms with Gasteiger partial charge in [0.15, 0.2) is 0 Å². The average Bonchev–Trinajstić information content (AvgIpc) is 3.82. The highest BCUT2D eigenvalue weighted by Crippen LogP contribution is 2.52. The van der Waals surface area contributed by atoms with Crippen LogP contribution < -0.4 is 16.0 Å². The molecule has 0 spiro atoms. The summed E-state index contributed by atoms with van der Waals surface area (Å²) in [6.07, 6.45) is 8.63. The maximum atomic E-state index is 6.61. The minimum atomic E-state index is -0.227. The van der Waals surface area contributed by atoms with Crippen LogP contribution in [0.4, 0.5) is 0 Å². The van der Waals surface area contributed by atoms with E-state index in [0.717, 1.165) is 63.4 Å². The number of rotatable bonds is 4. The first-order chi connectivity index (χ1) is 26.0. The number of furan rings is 1. The lowest BCUT2D eigenvalue weighted by Crippen LogP contribution is -2.52. The molecule has 0 radical (unpaired) electrons. The Morgan fingerprint density at radius 3 is 2.49 bits per heavy atom. The fraction of sp³-hybridized carbons (Fsp3) is 0.170. The number of nitrogens with one attached hydrogen (secondary N) is 3. The van der Waals surface area contributed by atoms with Gasteiger partial charge in [-0.1, -0.05) is 110 Å². The van der Waals surface area contributed by atoms with Crippen LogP contribution in [0.15, 0.2) is 149 Å². The van der Waals surface area contributed by atoms with E-state index in [4.69, 9.17) is 9.41 Å². The molecule has 11 rings (SSSR count). The van der Waals surface area contributed by atoms with Crippen molar-refractivity contribution in [3.63, 3.8) is 0 Å². The third-order valence-corrected chi connectivity index (χ3v) is 11.8. The normalized spacial score (nSPS) is 20.1. The monoisotopic (exact) mass is 689 g/mol. The number of aromatic nitrogens is 1. The van der Waals surface area contributed by atoms with Crippen molar-refractivity contribution in [1.82, 2.24) is 20.5 Å².